The van der Waals surface area contributed by atoms with Gasteiger partial charge in [-0.05, 0) is 65.9 Å². The summed E-state index contributed by atoms with van der Waals surface area (Å²) in [6, 6.07) is 13.4. The Morgan fingerprint density at radius 2 is 1.67 bits per heavy atom. The number of hydrogen-bond donors (Lipinski definition) is 0. The highest BCUT2D eigenvalue weighted by Gasteiger charge is 2.36. The Balaban J connectivity index is 1.54. The first-order chi connectivity index (χ1) is 18.6. The van der Waals surface area contributed by atoms with E-state index < -0.39 is 44.7 Å². The quantitative estimate of drug-likeness (QED) is 0.132. The van der Waals surface area contributed by atoms with E-state index in [0.29, 0.717) is 27.9 Å². The van der Waals surface area contributed by atoms with Crippen molar-refractivity contribution < 1.29 is 33.7 Å². The number of ether oxygens (including phenoxy) is 2. The minimum atomic E-state index is -0.809. The minimum Gasteiger partial charge on any atom is -0.493 e. The highest BCUT2D eigenvalue weighted by atomic mass is 35.5. The molecule has 0 bridgehead atoms. The Kier molecular flexibility index (Phi) is 7.93. The van der Waals surface area contributed by atoms with Crippen LogP contribution in [-0.2, 0) is 4.79 Å². The second-order valence-corrected chi connectivity index (χ2v) is 9.31. The Morgan fingerprint density at radius 1 is 0.974 bits per heavy atom. The molecule has 1 heterocycles. The molecule has 3 aromatic carbocycles. The molecule has 3 aromatic rings. The second kappa shape index (κ2) is 11.3. The van der Waals surface area contributed by atoms with Gasteiger partial charge in [0.25, 0.3) is 16.8 Å². The first-order valence-corrected chi connectivity index (χ1v) is 12.1. The van der Waals surface area contributed by atoms with Crippen LogP contribution in [0.1, 0.15) is 15.9 Å². The van der Waals surface area contributed by atoms with Crippen molar-refractivity contribution in [1.29, 1.82) is 0 Å². The molecule has 0 unspecified atom stereocenters. The Labute approximate surface area is 229 Å². The van der Waals surface area contributed by atoms with Crippen LogP contribution in [0.15, 0.2) is 65.6 Å². The minimum absolute atomic E-state index is 0.0632. The lowest BCUT2D eigenvalue weighted by Gasteiger charge is -2.12. The van der Waals surface area contributed by atoms with Crippen LogP contribution in [0.2, 0.25) is 5.02 Å². The maximum atomic E-state index is 12.9. The normalized spacial score (nSPS) is 14.0. The van der Waals surface area contributed by atoms with Gasteiger partial charge in [-0.15, -0.1) is 0 Å². The first kappa shape index (κ1) is 27.3. The lowest BCUT2D eigenvalue weighted by atomic mass is 10.1. The fraction of sp³-hybridized carbons (Fsp3) is 0.0800. The molecule has 14 heteroatoms. The molecule has 0 radical (unpaired) electrons. The van der Waals surface area contributed by atoms with Gasteiger partial charge >= 0.3 is 5.69 Å². The third-order valence-corrected chi connectivity index (χ3v) is 6.56. The molecule has 198 valence electrons. The predicted octanol–water partition coefficient (Wildman–Crippen LogP) is 5.88. The fourth-order valence-corrected chi connectivity index (χ4v) is 4.45. The zero-order valence-electron chi connectivity index (χ0n) is 19.9. The predicted molar refractivity (Wildman–Crippen MR) is 141 cm³/mol. The number of benzene rings is 3. The molecule has 0 aromatic heterocycles. The number of hydrogen-bond acceptors (Lipinski definition) is 10. The van der Waals surface area contributed by atoms with Crippen molar-refractivity contribution in [3.63, 3.8) is 0 Å². The molecule has 0 atom stereocenters. The van der Waals surface area contributed by atoms with Crippen LogP contribution in [0.3, 0.4) is 0 Å². The molecule has 12 nitrogen and oxygen atoms in total. The van der Waals surface area contributed by atoms with E-state index in [2.05, 4.69) is 0 Å². The highest BCUT2D eigenvalue weighted by molar-refractivity contribution is 8.18. The van der Waals surface area contributed by atoms with Crippen molar-refractivity contribution in [3.05, 3.63) is 102 Å². The summed E-state index contributed by atoms with van der Waals surface area (Å²) in [7, 11) is 1.33. The number of ketones is 1. The average molecular weight is 570 g/mol. The smallest absolute Gasteiger partial charge is 0.318 e. The van der Waals surface area contributed by atoms with Gasteiger partial charge in [0.05, 0.1) is 34.5 Å². The summed E-state index contributed by atoms with van der Waals surface area (Å²) in [5, 5.41) is 22.2. The summed E-state index contributed by atoms with van der Waals surface area (Å²) in [6.07, 6.45) is 1.43. The topological polar surface area (TPSA) is 159 Å². The lowest BCUT2D eigenvalue weighted by molar-refractivity contribution is -0.394. The van der Waals surface area contributed by atoms with Gasteiger partial charge in [-0.2, -0.15) is 0 Å². The molecule has 1 saturated heterocycles. The van der Waals surface area contributed by atoms with Crippen LogP contribution in [0, 0.1) is 20.2 Å². The number of imide groups is 1. The van der Waals surface area contributed by atoms with E-state index in [4.69, 9.17) is 21.1 Å². The van der Waals surface area contributed by atoms with Crippen molar-refractivity contribution in [3.8, 4) is 17.2 Å². The summed E-state index contributed by atoms with van der Waals surface area (Å²) in [6.45, 7) is -0.437. The van der Waals surface area contributed by atoms with Crippen LogP contribution in [0.4, 0.5) is 16.2 Å². The number of methoxy groups -OCH3 is 1. The Bertz CT molecular complexity index is 1560. The van der Waals surface area contributed by atoms with Crippen LogP contribution < -0.4 is 9.47 Å². The van der Waals surface area contributed by atoms with E-state index in [9.17, 15) is 34.6 Å². The molecular formula is C25H16ClN3O9S. The van der Waals surface area contributed by atoms with E-state index in [1.54, 1.807) is 0 Å². The summed E-state index contributed by atoms with van der Waals surface area (Å²) in [5.74, 6) is -1.13. The van der Waals surface area contributed by atoms with Gasteiger partial charge in [-0.25, -0.2) is 0 Å². The standard InChI is InChI=1S/C25H16ClN3O9S/c1-37-22-10-14(2-8-21(22)38-20-9-7-17(28(33)34)12-18(20)29(35)36)11-23-24(31)27(25(32)39-23)13-19(30)15-3-5-16(26)6-4-15/h2-12H,13H2,1H3/b23-11+. The molecule has 0 saturated carbocycles. The number of nitrogens with zero attached hydrogens (tertiary/aromatic N) is 3. The Hall–Kier alpha value is -4.75. The van der Waals surface area contributed by atoms with Gasteiger partial charge in [-0.3, -0.25) is 39.5 Å². The fourth-order valence-electron chi connectivity index (χ4n) is 3.48. The molecule has 0 aliphatic carbocycles. The summed E-state index contributed by atoms with van der Waals surface area (Å²) in [5.41, 5.74) is -0.347. The number of rotatable bonds is 9. The number of carbonyl (C=O) groups excluding carboxylic acids is 3. The van der Waals surface area contributed by atoms with Crippen LogP contribution in [0.5, 0.6) is 17.2 Å². The van der Waals surface area contributed by atoms with Crippen molar-refractivity contribution in [2.24, 2.45) is 0 Å². The first-order valence-electron chi connectivity index (χ1n) is 10.9. The van der Waals surface area contributed by atoms with Crippen LogP contribution in [-0.4, -0.2) is 45.3 Å². The highest BCUT2D eigenvalue weighted by Crippen LogP contribution is 2.39. The van der Waals surface area contributed by atoms with Crippen molar-refractivity contribution in [2.45, 2.75) is 0 Å². The van der Waals surface area contributed by atoms with Crippen LogP contribution >= 0.6 is 23.4 Å². The van der Waals surface area contributed by atoms with Crippen molar-refractivity contribution >= 4 is 57.7 Å². The van der Waals surface area contributed by atoms with Gasteiger partial charge in [0.1, 0.15) is 0 Å². The zero-order valence-corrected chi connectivity index (χ0v) is 21.4. The second-order valence-electron chi connectivity index (χ2n) is 7.88. The van der Waals surface area contributed by atoms with Crippen molar-refractivity contribution in [2.75, 3.05) is 13.7 Å². The number of carbonyl (C=O) groups is 3. The summed E-state index contributed by atoms with van der Waals surface area (Å²) < 4.78 is 10.9. The number of halogens is 1. The van der Waals surface area contributed by atoms with Crippen molar-refractivity contribution in [1.82, 2.24) is 4.90 Å². The lowest BCUT2D eigenvalue weighted by Crippen LogP contribution is -2.33. The SMILES string of the molecule is COc1cc(/C=C2/SC(=O)N(CC(=O)c3ccc(Cl)cc3)C2=O)ccc1Oc1ccc([N+](=O)[O-])cc1[N+](=O)[O-]. The average Bonchev–Trinajstić information content (AvgIpc) is 3.16. The molecule has 2 amide bonds. The third kappa shape index (κ3) is 6.05. The molecule has 0 spiro atoms. The maximum Gasteiger partial charge on any atom is 0.318 e. The van der Waals surface area contributed by atoms with E-state index in [1.807, 2.05) is 0 Å². The number of thioether (sulfide) groups is 1. The van der Waals surface area contributed by atoms with Gasteiger partial charge in [0.2, 0.25) is 5.75 Å². The number of non-ortho nitro benzene ring substituents is 1. The Morgan fingerprint density at radius 3 is 2.31 bits per heavy atom. The number of amides is 2. The number of nitro groups is 2. The monoisotopic (exact) mass is 569 g/mol. The molecule has 0 N–H and O–H groups in total. The molecule has 1 fully saturated rings. The van der Waals surface area contributed by atoms with Crippen LogP contribution in [0.25, 0.3) is 6.08 Å². The van der Waals surface area contributed by atoms with E-state index in [0.717, 1.165) is 23.1 Å². The third-order valence-electron chi connectivity index (χ3n) is 5.40. The van der Waals surface area contributed by atoms with Gasteiger partial charge < -0.3 is 9.47 Å². The summed E-state index contributed by atoms with van der Waals surface area (Å²) >= 11 is 6.50. The maximum absolute atomic E-state index is 12.9. The van der Waals surface area contributed by atoms with Gasteiger partial charge in [-0.1, -0.05) is 17.7 Å². The summed E-state index contributed by atoms with van der Waals surface area (Å²) in [4.78, 5) is 59.6. The van der Waals surface area contributed by atoms with Gasteiger partial charge in [0, 0.05) is 16.7 Å². The van der Waals surface area contributed by atoms with E-state index in [-0.39, 0.29) is 22.2 Å². The number of nitro benzene ring substituents is 2. The molecular weight excluding hydrogens is 554 g/mol. The zero-order chi connectivity index (χ0) is 28.3. The molecule has 4 rings (SSSR count). The number of Topliss-reactive ketones (excluding diaryl/α,β-unsaturated/α-hetero) is 1. The van der Waals surface area contributed by atoms with E-state index in [1.165, 1.54) is 55.7 Å². The van der Waals surface area contributed by atoms with Gasteiger partial charge in [0.15, 0.2) is 17.3 Å². The molecule has 1 aliphatic heterocycles. The van der Waals surface area contributed by atoms with E-state index >= 15 is 0 Å². The largest absolute Gasteiger partial charge is 0.493 e. The molecule has 1 aliphatic rings. The molecule has 39 heavy (non-hydrogen) atoms.